The summed E-state index contributed by atoms with van der Waals surface area (Å²) in [6.07, 6.45) is 2.10. The fourth-order valence-electron chi connectivity index (χ4n) is 2.65. The molecule has 7 heteroatoms. The quantitative estimate of drug-likeness (QED) is 0.923. The molecule has 1 fully saturated rings. The number of rotatable bonds is 3. The largest absolute Gasteiger partial charge is 0.444 e. The molecule has 128 valence electrons. The van der Waals surface area contributed by atoms with Crippen molar-refractivity contribution in [3.8, 4) is 11.3 Å². The van der Waals surface area contributed by atoms with Crippen molar-refractivity contribution in [2.24, 2.45) is 0 Å². The van der Waals surface area contributed by atoms with Gasteiger partial charge in [-0.1, -0.05) is 0 Å². The normalized spacial score (nSPS) is 17.8. The average Bonchev–Trinajstić information content (AvgIpc) is 3.16. The lowest BCUT2D eigenvalue weighted by Gasteiger charge is -2.22. The highest BCUT2D eigenvalue weighted by molar-refractivity contribution is 7.08. The summed E-state index contributed by atoms with van der Waals surface area (Å²) in [5, 5.41) is 7.04. The maximum atomic E-state index is 11.9. The minimum absolute atomic E-state index is 0.0689. The lowest BCUT2D eigenvalue weighted by molar-refractivity contribution is 0.0509. The molecule has 1 saturated heterocycles. The SMILES string of the molecule is CC(C)(C)OC(=O)NC1CCN(c2cc(-c3ccsc3)ncn2)C1. The van der Waals surface area contributed by atoms with E-state index in [0.29, 0.717) is 0 Å². The van der Waals surface area contributed by atoms with Crippen molar-refractivity contribution < 1.29 is 9.53 Å². The van der Waals surface area contributed by atoms with E-state index in [-0.39, 0.29) is 12.1 Å². The molecule has 2 aromatic heterocycles. The van der Waals surface area contributed by atoms with E-state index in [9.17, 15) is 4.79 Å². The van der Waals surface area contributed by atoms with Crippen molar-refractivity contribution in [3.05, 3.63) is 29.2 Å². The van der Waals surface area contributed by atoms with Crippen molar-refractivity contribution in [1.82, 2.24) is 15.3 Å². The second kappa shape index (κ2) is 6.76. The Morgan fingerprint density at radius 2 is 2.25 bits per heavy atom. The molecule has 3 heterocycles. The van der Waals surface area contributed by atoms with Gasteiger partial charge < -0.3 is 15.0 Å². The Morgan fingerprint density at radius 3 is 2.96 bits per heavy atom. The number of thiophene rings is 1. The van der Waals surface area contributed by atoms with E-state index < -0.39 is 5.60 Å². The summed E-state index contributed by atoms with van der Waals surface area (Å²) in [6.45, 7) is 7.15. The molecule has 24 heavy (non-hydrogen) atoms. The third kappa shape index (κ3) is 4.23. The van der Waals surface area contributed by atoms with Crippen LogP contribution < -0.4 is 10.2 Å². The third-order valence-corrected chi connectivity index (χ3v) is 4.39. The molecule has 0 aromatic carbocycles. The van der Waals surface area contributed by atoms with E-state index in [0.717, 1.165) is 36.6 Å². The van der Waals surface area contributed by atoms with Gasteiger partial charge in [-0.25, -0.2) is 14.8 Å². The lowest BCUT2D eigenvalue weighted by Crippen LogP contribution is -2.40. The molecule has 1 amide bonds. The van der Waals surface area contributed by atoms with Crippen LogP contribution in [0.25, 0.3) is 11.3 Å². The molecule has 1 N–H and O–H groups in total. The topological polar surface area (TPSA) is 67.3 Å². The molecule has 0 bridgehead atoms. The van der Waals surface area contributed by atoms with Crippen LogP contribution in [-0.4, -0.2) is 40.8 Å². The average molecular weight is 346 g/mol. The Bertz CT molecular complexity index is 697. The minimum atomic E-state index is -0.482. The summed E-state index contributed by atoms with van der Waals surface area (Å²) < 4.78 is 5.32. The first kappa shape index (κ1) is 16.7. The first-order valence-electron chi connectivity index (χ1n) is 8.00. The number of anilines is 1. The molecule has 0 radical (unpaired) electrons. The maximum absolute atomic E-state index is 11.9. The smallest absolute Gasteiger partial charge is 0.407 e. The van der Waals surface area contributed by atoms with Crippen LogP contribution in [0.3, 0.4) is 0 Å². The molecule has 0 aliphatic carbocycles. The zero-order chi connectivity index (χ0) is 17.2. The van der Waals surface area contributed by atoms with Gasteiger partial charge in [0.2, 0.25) is 0 Å². The molecule has 1 aliphatic heterocycles. The maximum Gasteiger partial charge on any atom is 0.407 e. The standard InChI is InChI=1S/C17H22N4O2S/c1-17(2,3)23-16(22)20-13-4-6-21(9-13)15-8-14(18-11-19-15)12-5-7-24-10-12/h5,7-8,10-11,13H,4,6,9H2,1-3H3,(H,20,22). The second-order valence-corrected chi connectivity index (χ2v) is 7.63. The van der Waals surface area contributed by atoms with Crippen molar-refractivity contribution in [3.63, 3.8) is 0 Å². The molecule has 1 unspecified atom stereocenters. The van der Waals surface area contributed by atoms with Crippen LogP contribution >= 0.6 is 11.3 Å². The first-order valence-corrected chi connectivity index (χ1v) is 8.94. The highest BCUT2D eigenvalue weighted by atomic mass is 32.1. The summed E-state index contributed by atoms with van der Waals surface area (Å²) in [5.41, 5.74) is 1.54. The highest BCUT2D eigenvalue weighted by Crippen LogP contribution is 2.25. The summed E-state index contributed by atoms with van der Waals surface area (Å²) in [5.74, 6) is 0.889. The number of nitrogens with one attached hydrogen (secondary N) is 1. The Morgan fingerprint density at radius 1 is 1.42 bits per heavy atom. The van der Waals surface area contributed by atoms with Gasteiger partial charge in [0.05, 0.1) is 11.7 Å². The van der Waals surface area contributed by atoms with Gasteiger partial charge in [-0.3, -0.25) is 0 Å². The molecule has 0 spiro atoms. The number of hydrogen-bond donors (Lipinski definition) is 1. The fourth-order valence-corrected chi connectivity index (χ4v) is 3.30. The minimum Gasteiger partial charge on any atom is -0.444 e. The van der Waals surface area contributed by atoms with Crippen LogP contribution in [0.2, 0.25) is 0 Å². The van der Waals surface area contributed by atoms with E-state index >= 15 is 0 Å². The summed E-state index contributed by atoms with van der Waals surface area (Å²) in [6, 6.07) is 4.12. The number of nitrogens with zero attached hydrogens (tertiary/aromatic N) is 3. The van der Waals surface area contributed by atoms with Crippen LogP contribution in [0.4, 0.5) is 10.6 Å². The number of ether oxygens (including phenoxy) is 1. The predicted molar refractivity (Wildman–Crippen MR) is 95.3 cm³/mol. The second-order valence-electron chi connectivity index (χ2n) is 6.85. The van der Waals surface area contributed by atoms with Crippen molar-refractivity contribution in [2.45, 2.75) is 38.8 Å². The molecule has 0 saturated carbocycles. The van der Waals surface area contributed by atoms with Gasteiger partial charge in [-0.2, -0.15) is 11.3 Å². The summed E-state index contributed by atoms with van der Waals surface area (Å²) >= 11 is 1.65. The zero-order valence-electron chi connectivity index (χ0n) is 14.2. The molecule has 1 atom stereocenters. The van der Waals surface area contributed by atoms with Gasteiger partial charge in [0.25, 0.3) is 0 Å². The van der Waals surface area contributed by atoms with E-state index in [4.69, 9.17) is 4.74 Å². The molecule has 1 aliphatic rings. The highest BCUT2D eigenvalue weighted by Gasteiger charge is 2.27. The van der Waals surface area contributed by atoms with Crippen molar-refractivity contribution >= 4 is 23.2 Å². The van der Waals surface area contributed by atoms with Gasteiger partial charge >= 0.3 is 6.09 Å². The van der Waals surface area contributed by atoms with Gasteiger partial charge in [0, 0.05) is 30.1 Å². The van der Waals surface area contributed by atoms with Crippen LogP contribution in [0, 0.1) is 0 Å². The number of carbonyl (C=O) groups excluding carboxylic acids is 1. The number of aromatic nitrogens is 2. The van der Waals surface area contributed by atoms with Crippen molar-refractivity contribution in [1.29, 1.82) is 0 Å². The summed E-state index contributed by atoms with van der Waals surface area (Å²) in [7, 11) is 0. The Hall–Kier alpha value is -2.15. The monoisotopic (exact) mass is 346 g/mol. The Balaban J connectivity index is 1.62. The molecule has 6 nitrogen and oxygen atoms in total. The fraction of sp³-hybridized carbons (Fsp3) is 0.471. The van der Waals surface area contributed by atoms with Crippen LogP contribution in [0.1, 0.15) is 27.2 Å². The van der Waals surface area contributed by atoms with Gasteiger partial charge in [-0.05, 0) is 38.6 Å². The van der Waals surface area contributed by atoms with E-state index in [1.54, 1.807) is 17.7 Å². The van der Waals surface area contributed by atoms with E-state index in [1.165, 1.54) is 0 Å². The number of amides is 1. The van der Waals surface area contributed by atoms with Gasteiger partial charge in [0.15, 0.2) is 0 Å². The van der Waals surface area contributed by atoms with Gasteiger partial charge in [-0.15, -0.1) is 0 Å². The Kier molecular flexibility index (Phi) is 4.71. The molecule has 3 rings (SSSR count). The summed E-state index contributed by atoms with van der Waals surface area (Å²) in [4.78, 5) is 22.8. The zero-order valence-corrected chi connectivity index (χ0v) is 15.0. The molecular formula is C17H22N4O2S. The van der Waals surface area contributed by atoms with E-state index in [2.05, 4.69) is 25.6 Å². The first-order chi connectivity index (χ1) is 11.4. The third-order valence-electron chi connectivity index (χ3n) is 3.70. The molecule has 2 aromatic rings. The van der Waals surface area contributed by atoms with Gasteiger partial charge in [0.1, 0.15) is 17.7 Å². The number of carbonyl (C=O) groups is 1. The van der Waals surface area contributed by atoms with Crippen LogP contribution in [0.5, 0.6) is 0 Å². The van der Waals surface area contributed by atoms with Crippen LogP contribution in [-0.2, 0) is 4.74 Å². The Labute approximate surface area is 145 Å². The molecular weight excluding hydrogens is 324 g/mol. The van der Waals surface area contributed by atoms with Crippen molar-refractivity contribution in [2.75, 3.05) is 18.0 Å². The number of alkyl carbamates (subject to hydrolysis) is 1. The number of hydrogen-bond acceptors (Lipinski definition) is 6. The lowest BCUT2D eigenvalue weighted by atomic mass is 10.2. The predicted octanol–water partition coefficient (Wildman–Crippen LogP) is 3.31. The van der Waals surface area contributed by atoms with E-state index in [1.807, 2.05) is 38.3 Å². The van der Waals surface area contributed by atoms with Crippen LogP contribution in [0.15, 0.2) is 29.2 Å².